The topological polar surface area (TPSA) is 90.2 Å². The Balaban J connectivity index is 1.09. The van der Waals surface area contributed by atoms with Gasteiger partial charge in [-0.25, -0.2) is 24.9 Å². The van der Waals surface area contributed by atoms with E-state index in [-0.39, 0.29) is 0 Å². The van der Waals surface area contributed by atoms with E-state index >= 15 is 0 Å². The van der Waals surface area contributed by atoms with Crippen molar-refractivity contribution in [3.8, 4) is 78.9 Å². The second kappa shape index (κ2) is 15.6. The summed E-state index contributed by atoms with van der Waals surface area (Å²) in [6.45, 7) is 0. The maximum absolute atomic E-state index is 5.30. The number of fused-ring (bicyclic) bond motifs is 6. The lowest BCUT2D eigenvalue weighted by Gasteiger charge is -2.13. The van der Waals surface area contributed by atoms with Crippen LogP contribution in [0.5, 0.6) is 0 Å². The average molecular weight is 818 g/mol. The van der Waals surface area contributed by atoms with Crippen LogP contribution < -0.4 is 0 Å². The second-order valence-electron chi connectivity index (χ2n) is 15.8. The number of hydrogen-bond acceptors (Lipinski definition) is 7. The number of aromatic nitrogens is 7. The molecule has 0 saturated heterocycles. The zero-order valence-corrected chi connectivity index (χ0v) is 34.3. The first-order valence-electron chi connectivity index (χ1n) is 21.2. The fourth-order valence-electron chi connectivity index (χ4n) is 8.52. The average Bonchev–Trinajstić information content (AvgIpc) is 3.38. The molecule has 0 radical (unpaired) electrons. The highest BCUT2D eigenvalue weighted by molar-refractivity contribution is 6.04. The van der Waals surface area contributed by atoms with Gasteiger partial charge in [-0.1, -0.05) is 146 Å². The molecule has 0 amide bonds. The highest BCUT2D eigenvalue weighted by atomic mass is 15.0. The van der Waals surface area contributed by atoms with Gasteiger partial charge >= 0.3 is 0 Å². The third-order valence-electron chi connectivity index (χ3n) is 11.7. The van der Waals surface area contributed by atoms with E-state index in [9.17, 15) is 0 Å². The summed E-state index contributed by atoms with van der Waals surface area (Å²) in [6, 6.07) is 68.7. The van der Waals surface area contributed by atoms with Crippen molar-refractivity contribution in [2.24, 2.45) is 0 Å². The lowest BCUT2D eigenvalue weighted by atomic mass is 9.98. The summed E-state index contributed by atoms with van der Waals surface area (Å²) >= 11 is 0. The van der Waals surface area contributed by atoms with E-state index in [2.05, 4.69) is 176 Å². The number of hydrogen-bond donors (Lipinski definition) is 0. The second-order valence-corrected chi connectivity index (χ2v) is 15.8. The molecule has 0 saturated carbocycles. The smallest absolute Gasteiger partial charge is 0.164 e. The largest absolute Gasteiger partial charge is 0.254 e. The predicted octanol–water partition coefficient (Wildman–Crippen LogP) is 13.7. The normalized spacial score (nSPS) is 11.4. The Labute approximate surface area is 368 Å². The Hall–Kier alpha value is -8.81. The Kier molecular flexibility index (Phi) is 9.01. The van der Waals surface area contributed by atoms with Crippen LogP contribution in [-0.2, 0) is 0 Å². The van der Waals surface area contributed by atoms with Crippen LogP contribution in [0.25, 0.3) is 123 Å². The van der Waals surface area contributed by atoms with Crippen LogP contribution in [0.2, 0.25) is 0 Å². The van der Waals surface area contributed by atoms with Gasteiger partial charge in [-0.2, -0.15) is 0 Å². The van der Waals surface area contributed by atoms with Crippen molar-refractivity contribution in [1.82, 2.24) is 34.9 Å². The molecular formula is C57H35N7. The van der Waals surface area contributed by atoms with Crippen molar-refractivity contribution < 1.29 is 0 Å². The molecule has 5 heterocycles. The number of pyridine rings is 4. The fraction of sp³-hybridized carbons (Fsp3) is 0. The monoisotopic (exact) mass is 817 g/mol. The summed E-state index contributed by atoms with van der Waals surface area (Å²) in [5, 5.41) is 4.11. The third-order valence-corrected chi connectivity index (χ3v) is 11.7. The Morgan fingerprint density at radius 2 is 0.578 bits per heavy atom. The highest BCUT2D eigenvalue weighted by Crippen LogP contribution is 2.36. The Morgan fingerprint density at radius 3 is 1.05 bits per heavy atom. The SMILES string of the molecule is c1ccc(-c2cccc(-c3nc(-c4cccc(-c5ccccc5)c4)nc(-c4cc(-c5ccc6ccc7cccnc7c6n5)cc(-c5ccc6ccc7cccnc7c6n5)c4)n3)c2)cc1. The van der Waals surface area contributed by atoms with Crippen molar-refractivity contribution in [2.45, 2.75) is 0 Å². The van der Waals surface area contributed by atoms with Crippen molar-refractivity contribution >= 4 is 43.6 Å². The van der Waals surface area contributed by atoms with Gasteiger partial charge in [0.2, 0.25) is 0 Å². The van der Waals surface area contributed by atoms with Crippen molar-refractivity contribution in [3.63, 3.8) is 0 Å². The molecule has 7 heteroatoms. The first kappa shape index (κ1) is 37.0. The number of nitrogens with zero attached hydrogens (tertiary/aromatic N) is 7. The summed E-state index contributed by atoms with van der Waals surface area (Å²) in [6.07, 6.45) is 3.64. The molecule has 0 spiro atoms. The molecule has 298 valence electrons. The van der Waals surface area contributed by atoms with Gasteiger partial charge in [0.05, 0.1) is 33.5 Å². The maximum Gasteiger partial charge on any atom is 0.164 e. The molecule has 0 aliphatic heterocycles. The molecule has 5 aromatic heterocycles. The molecule has 12 aromatic rings. The molecule has 0 N–H and O–H groups in total. The van der Waals surface area contributed by atoms with Gasteiger partial charge in [0.25, 0.3) is 0 Å². The summed E-state index contributed by atoms with van der Waals surface area (Å²) in [5.41, 5.74) is 13.7. The summed E-state index contributed by atoms with van der Waals surface area (Å²) < 4.78 is 0. The quantitative estimate of drug-likeness (QED) is 0.148. The molecule has 0 fully saturated rings. The number of rotatable bonds is 7. The summed E-state index contributed by atoms with van der Waals surface area (Å²) in [4.78, 5) is 35.9. The minimum Gasteiger partial charge on any atom is -0.254 e. The van der Waals surface area contributed by atoms with Gasteiger partial charge in [-0.3, -0.25) is 9.97 Å². The van der Waals surface area contributed by atoms with E-state index in [4.69, 9.17) is 34.9 Å². The predicted molar refractivity (Wildman–Crippen MR) is 259 cm³/mol. The van der Waals surface area contributed by atoms with E-state index in [1.165, 1.54) is 0 Å². The van der Waals surface area contributed by atoms with Crippen LogP contribution in [0, 0.1) is 0 Å². The van der Waals surface area contributed by atoms with Gasteiger partial charge in [-0.15, -0.1) is 0 Å². The minimum atomic E-state index is 0.527. The third kappa shape index (κ3) is 6.87. The molecule has 7 nitrogen and oxygen atoms in total. The molecule has 0 aliphatic rings. The molecular weight excluding hydrogens is 783 g/mol. The lowest BCUT2D eigenvalue weighted by molar-refractivity contribution is 1.07. The van der Waals surface area contributed by atoms with E-state index in [0.717, 1.165) is 105 Å². The zero-order chi connectivity index (χ0) is 42.4. The molecule has 64 heavy (non-hydrogen) atoms. The lowest BCUT2D eigenvalue weighted by Crippen LogP contribution is -2.01. The Bertz CT molecular complexity index is 3500. The van der Waals surface area contributed by atoms with Crippen LogP contribution in [0.3, 0.4) is 0 Å². The molecule has 7 aromatic carbocycles. The van der Waals surface area contributed by atoms with Crippen LogP contribution in [0.15, 0.2) is 213 Å². The van der Waals surface area contributed by atoms with E-state index in [1.807, 2.05) is 36.7 Å². The summed E-state index contributed by atoms with van der Waals surface area (Å²) in [5.74, 6) is 1.66. The van der Waals surface area contributed by atoms with E-state index in [0.29, 0.717) is 17.5 Å². The standard InChI is InChI=1S/C57H35N7/c1-3-11-36(12-4-1)42-15-7-17-44(31-42)55-62-56(45-18-8-16-43(32-45)37-13-5-2-6-14-37)64-57(63-55)48-34-46(49-27-25-40-23-21-38-19-9-29-58-51(38)53(40)60-49)33-47(35-48)50-28-26-41-24-22-39-20-10-30-59-52(39)54(41)61-50/h1-35H. The van der Waals surface area contributed by atoms with Crippen molar-refractivity contribution in [1.29, 1.82) is 0 Å². The highest BCUT2D eigenvalue weighted by Gasteiger charge is 2.18. The molecule has 12 rings (SSSR count). The first-order valence-corrected chi connectivity index (χ1v) is 21.2. The van der Waals surface area contributed by atoms with Crippen molar-refractivity contribution in [2.75, 3.05) is 0 Å². The van der Waals surface area contributed by atoms with Gasteiger partial charge in [0.1, 0.15) is 0 Å². The van der Waals surface area contributed by atoms with Crippen LogP contribution in [-0.4, -0.2) is 34.9 Å². The zero-order valence-electron chi connectivity index (χ0n) is 34.3. The maximum atomic E-state index is 5.30. The van der Waals surface area contributed by atoms with E-state index < -0.39 is 0 Å². The van der Waals surface area contributed by atoms with Gasteiger partial charge in [0, 0.05) is 61.8 Å². The fourth-order valence-corrected chi connectivity index (χ4v) is 8.52. The van der Waals surface area contributed by atoms with Gasteiger partial charge in [-0.05, 0) is 76.9 Å². The molecule has 0 atom stereocenters. The summed E-state index contributed by atoms with van der Waals surface area (Å²) in [7, 11) is 0. The molecule has 0 bridgehead atoms. The Morgan fingerprint density at radius 1 is 0.219 bits per heavy atom. The van der Waals surface area contributed by atoms with Crippen molar-refractivity contribution in [3.05, 3.63) is 213 Å². The van der Waals surface area contributed by atoms with Crippen LogP contribution >= 0.6 is 0 Å². The van der Waals surface area contributed by atoms with E-state index in [1.54, 1.807) is 0 Å². The molecule has 0 aliphatic carbocycles. The minimum absolute atomic E-state index is 0.527. The van der Waals surface area contributed by atoms with Crippen LogP contribution in [0.4, 0.5) is 0 Å². The first-order chi connectivity index (χ1) is 31.7. The van der Waals surface area contributed by atoms with Gasteiger partial charge < -0.3 is 0 Å². The molecule has 0 unspecified atom stereocenters. The van der Waals surface area contributed by atoms with Gasteiger partial charge in [0.15, 0.2) is 17.5 Å². The number of benzene rings is 7. The van der Waals surface area contributed by atoms with Crippen LogP contribution in [0.1, 0.15) is 0 Å².